The van der Waals surface area contributed by atoms with E-state index in [0.717, 1.165) is 23.4 Å². The Labute approximate surface area is 212 Å². The molecule has 0 unspecified atom stereocenters. The number of rotatable bonds is 4. The molecule has 0 spiro atoms. The highest BCUT2D eigenvalue weighted by Crippen LogP contribution is 2.31. The van der Waals surface area contributed by atoms with E-state index >= 15 is 0 Å². The number of anilines is 1. The van der Waals surface area contributed by atoms with Crippen molar-refractivity contribution in [2.45, 2.75) is 38.5 Å². The molecule has 0 saturated carbocycles. The number of pyridine rings is 1. The van der Waals surface area contributed by atoms with Gasteiger partial charge in [-0.05, 0) is 61.7 Å². The summed E-state index contributed by atoms with van der Waals surface area (Å²) in [6, 6.07) is 7.58. The van der Waals surface area contributed by atoms with Gasteiger partial charge in [0.1, 0.15) is 5.82 Å². The average Bonchev–Trinajstić information content (AvgIpc) is 3.35. The number of hydrogen-bond acceptors (Lipinski definition) is 5. The molecule has 2 atom stereocenters. The van der Waals surface area contributed by atoms with Crippen molar-refractivity contribution in [1.82, 2.24) is 14.8 Å². The van der Waals surface area contributed by atoms with Gasteiger partial charge < -0.3 is 14.2 Å². The maximum atomic E-state index is 14.3. The van der Waals surface area contributed by atoms with Gasteiger partial charge in [-0.15, -0.1) is 0 Å². The normalized spacial score (nSPS) is 21.4. The van der Waals surface area contributed by atoms with Crippen LogP contribution in [0.2, 0.25) is 0 Å². The summed E-state index contributed by atoms with van der Waals surface area (Å²) >= 11 is 0. The number of aromatic nitrogens is 1. The smallest absolute Gasteiger partial charge is 0.417 e. The van der Waals surface area contributed by atoms with Crippen LogP contribution in [0.15, 0.2) is 53.3 Å². The van der Waals surface area contributed by atoms with Crippen LogP contribution >= 0.6 is 0 Å². The van der Waals surface area contributed by atoms with E-state index in [0.29, 0.717) is 43.8 Å². The lowest BCUT2D eigenvalue weighted by Gasteiger charge is -2.45. The van der Waals surface area contributed by atoms with Gasteiger partial charge in [0.25, 0.3) is 0 Å². The van der Waals surface area contributed by atoms with Crippen molar-refractivity contribution in [1.29, 1.82) is 0 Å². The van der Waals surface area contributed by atoms with Gasteiger partial charge in [0.15, 0.2) is 11.4 Å². The maximum Gasteiger partial charge on any atom is 0.417 e. The second-order valence-corrected chi connectivity index (χ2v) is 9.79. The number of piperazine rings is 1. The highest BCUT2D eigenvalue weighted by atomic mass is 19.4. The van der Waals surface area contributed by atoms with Gasteiger partial charge in [-0.25, -0.2) is 9.37 Å². The van der Waals surface area contributed by atoms with Gasteiger partial charge in [0, 0.05) is 49.8 Å². The van der Waals surface area contributed by atoms with E-state index in [4.69, 9.17) is 4.42 Å². The van der Waals surface area contributed by atoms with Gasteiger partial charge in [-0.3, -0.25) is 9.69 Å². The summed E-state index contributed by atoms with van der Waals surface area (Å²) in [5.41, 5.74) is 1.28. The summed E-state index contributed by atoms with van der Waals surface area (Å²) in [4.78, 5) is 23.0. The van der Waals surface area contributed by atoms with Crippen LogP contribution in [0.4, 0.5) is 23.4 Å². The fraction of sp³-hybridized carbons (Fsp3) is 0.407. The number of halogens is 4. The fourth-order valence-corrected chi connectivity index (χ4v) is 5.23. The van der Waals surface area contributed by atoms with E-state index in [-0.39, 0.29) is 30.1 Å². The Bertz CT molecular complexity index is 1310. The van der Waals surface area contributed by atoms with Crippen molar-refractivity contribution >= 4 is 28.3 Å². The summed E-state index contributed by atoms with van der Waals surface area (Å²) in [7, 11) is 0. The molecule has 10 heteroatoms. The Balaban J connectivity index is 1.19. The van der Waals surface area contributed by atoms with Crippen LogP contribution in [0.3, 0.4) is 0 Å². The number of carbonyl (C=O) groups is 1. The number of furan rings is 1. The Morgan fingerprint density at radius 3 is 2.51 bits per heavy atom. The number of benzene rings is 1. The summed E-state index contributed by atoms with van der Waals surface area (Å²) in [6.07, 6.45) is 0.519. The Hall–Kier alpha value is -3.40. The third-order valence-corrected chi connectivity index (χ3v) is 7.26. The van der Waals surface area contributed by atoms with E-state index in [2.05, 4.69) is 9.88 Å². The zero-order chi connectivity index (χ0) is 26.3. The first kappa shape index (κ1) is 25.3. The molecule has 1 aromatic carbocycles. The highest BCUT2D eigenvalue weighted by molar-refractivity contribution is 5.84. The van der Waals surface area contributed by atoms with Crippen molar-refractivity contribution < 1.29 is 26.8 Å². The van der Waals surface area contributed by atoms with Crippen LogP contribution in [0.25, 0.3) is 16.5 Å². The monoisotopic (exact) mass is 516 g/mol. The predicted octanol–water partition coefficient (Wildman–Crippen LogP) is 5.20. The van der Waals surface area contributed by atoms with Gasteiger partial charge in [-0.1, -0.05) is 6.08 Å². The molecule has 37 heavy (non-hydrogen) atoms. The average molecular weight is 517 g/mol. The molecular formula is C27H28F4N4O2. The zero-order valence-electron chi connectivity index (χ0n) is 20.6. The number of fused-ring (bicyclic) bond motifs is 1. The van der Waals surface area contributed by atoms with Crippen LogP contribution in [-0.4, -0.2) is 65.5 Å². The van der Waals surface area contributed by atoms with Crippen molar-refractivity contribution in [3.05, 3.63) is 65.8 Å². The molecule has 2 aliphatic heterocycles. The van der Waals surface area contributed by atoms with Gasteiger partial charge in [-0.2, -0.15) is 13.2 Å². The van der Waals surface area contributed by atoms with Gasteiger partial charge in [0.2, 0.25) is 5.91 Å². The van der Waals surface area contributed by atoms with E-state index in [1.54, 1.807) is 11.0 Å². The predicted molar refractivity (Wildman–Crippen MR) is 132 cm³/mol. The SMILES string of the molecule is C[C@@H]1CN(c2ccc(C(F)(F)F)cn2)C[C@H](C)N1CC(=O)N1CC=C(c2cc(F)c3occc3c2)CC1. The molecule has 5 rings (SSSR count). The van der Waals surface area contributed by atoms with Crippen molar-refractivity contribution in [2.24, 2.45) is 0 Å². The molecule has 3 aromatic rings. The molecular weight excluding hydrogens is 488 g/mol. The lowest BCUT2D eigenvalue weighted by atomic mass is 9.98. The molecule has 6 nitrogen and oxygen atoms in total. The Morgan fingerprint density at radius 1 is 1.14 bits per heavy atom. The van der Waals surface area contributed by atoms with Crippen molar-refractivity contribution in [2.75, 3.05) is 37.6 Å². The van der Waals surface area contributed by atoms with Crippen molar-refractivity contribution in [3.8, 4) is 0 Å². The fourth-order valence-electron chi connectivity index (χ4n) is 5.23. The molecule has 196 valence electrons. The van der Waals surface area contributed by atoms with Crippen molar-refractivity contribution in [3.63, 3.8) is 0 Å². The molecule has 1 amide bonds. The van der Waals surface area contributed by atoms with Crippen LogP contribution in [-0.2, 0) is 11.0 Å². The van der Waals surface area contributed by atoms with Gasteiger partial charge in [0.05, 0.1) is 18.4 Å². The third kappa shape index (κ3) is 5.20. The van der Waals surface area contributed by atoms with Crippen LogP contribution < -0.4 is 4.90 Å². The second-order valence-electron chi connectivity index (χ2n) is 9.79. The topological polar surface area (TPSA) is 52.8 Å². The Morgan fingerprint density at radius 2 is 1.89 bits per heavy atom. The van der Waals surface area contributed by atoms with Crippen LogP contribution in [0.1, 0.15) is 31.4 Å². The van der Waals surface area contributed by atoms with E-state index < -0.39 is 17.6 Å². The molecule has 0 N–H and O–H groups in total. The third-order valence-electron chi connectivity index (χ3n) is 7.26. The zero-order valence-corrected chi connectivity index (χ0v) is 20.6. The summed E-state index contributed by atoms with van der Waals surface area (Å²) in [5.74, 6) is 0.119. The van der Waals surface area contributed by atoms with E-state index in [1.807, 2.05) is 30.9 Å². The summed E-state index contributed by atoms with van der Waals surface area (Å²) < 4.78 is 58.1. The number of hydrogen-bond donors (Lipinski definition) is 0. The quantitative estimate of drug-likeness (QED) is 0.446. The first-order valence-electron chi connectivity index (χ1n) is 12.3. The van der Waals surface area contributed by atoms with Crippen LogP contribution in [0.5, 0.6) is 0 Å². The molecule has 2 aromatic heterocycles. The Kier molecular flexibility index (Phi) is 6.70. The maximum absolute atomic E-state index is 14.3. The minimum absolute atomic E-state index is 0.0114. The lowest BCUT2D eigenvalue weighted by Crippen LogP contribution is -2.59. The van der Waals surface area contributed by atoms with E-state index in [9.17, 15) is 22.4 Å². The number of nitrogens with zero attached hydrogens (tertiary/aromatic N) is 4. The molecule has 4 heterocycles. The minimum Gasteiger partial charge on any atom is -0.461 e. The van der Waals surface area contributed by atoms with Gasteiger partial charge >= 0.3 is 6.18 Å². The summed E-state index contributed by atoms with van der Waals surface area (Å²) in [5, 5.41) is 0.711. The number of amides is 1. The number of carbonyl (C=O) groups excluding carboxylic acids is 1. The molecule has 0 aliphatic carbocycles. The first-order chi connectivity index (χ1) is 17.6. The largest absolute Gasteiger partial charge is 0.461 e. The first-order valence-corrected chi connectivity index (χ1v) is 12.3. The van der Waals surface area contributed by atoms with E-state index in [1.165, 1.54) is 18.4 Å². The van der Waals surface area contributed by atoms with Crippen LogP contribution in [0, 0.1) is 5.82 Å². The molecule has 1 fully saturated rings. The standard InChI is InChI=1S/C27H28F4N4O2/c1-17-14-34(24-4-3-22(13-32-24)27(29,30)31)15-18(2)35(17)16-25(36)33-8-5-19(6-9-33)21-11-20-7-10-37-26(20)23(28)12-21/h3-5,7,10-13,17-18H,6,8-9,14-16H2,1-2H3/t17-,18+. The highest BCUT2D eigenvalue weighted by Gasteiger charge is 2.34. The second kappa shape index (κ2) is 9.81. The number of alkyl halides is 3. The molecule has 0 radical (unpaired) electrons. The summed E-state index contributed by atoms with van der Waals surface area (Å²) in [6.45, 7) is 6.40. The molecule has 1 saturated heterocycles. The lowest BCUT2D eigenvalue weighted by molar-refractivity contribution is -0.137. The molecule has 2 aliphatic rings. The molecule has 0 bridgehead atoms. The minimum atomic E-state index is -4.42.